The van der Waals surface area contributed by atoms with E-state index in [9.17, 15) is 13.5 Å². The van der Waals surface area contributed by atoms with Crippen molar-refractivity contribution in [2.45, 2.75) is 18.1 Å². The third-order valence-electron chi connectivity index (χ3n) is 3.38. The van der Waals surface area contributed by atoms with Gasteiger partial charge in [-0.05, 0) is 17.7 Å². The zero-order valence-corrected chi connectivity index (χ0v) is 11.9. The van der Waals surface area contributed by atoms with Crippen molar-refractivity contribution in [3.8, 4) is 0 Å². The Balaban J connectivity index is 2.26. The SMILES string of the molecule is CCS(=O)(=O)[C@@H]1[C@H](CO)[C@H]1c1ccc(Br)cc1. The van der Waals surface area contributed by atoms with Gasteiger partial charge in [-0.25, -0.2) is 8.42 Å². The zero-order chi connectivity index (χ0) is 12.6. The van der Waals surface area contributed by atoms with Gasteiger partial charge in [0.1, 0.15) is 0 Å². The van der Waals surface area contributed by atoms with E-state index >= 15 is 0 Å². The molecule has 94 valence electrons. The molecule has 1 aliphatic carbocycles. The van der Waals surface area contributed by atoms with Crippen LogP contribution in [-0.4, -0.2) is 31.1 Å². The van der Waals surface area contributed by atoms with Gasteiger partial charge in [-0.3, -0.25) is 0 Å². The molecule has 0 saturated heterocycles. The minimum atomic E-state index is -3.07. The van der Waals surface area contributed by atoms with Crippen LogP contribution in [0.3, 0.4) is 0 Å². The Bertz CT molecular complexity index is 495. The molecule has 1 N–H and O–H groups in total. The van der Waals surface area contributed by atoms with Gasteiger partial charge in [-0.15, -0.1) is 0 Å². The van der Waals surface area contributed by atoms with Gasteiger partial charge in [0.05, 0.1) is 5.25 Å². The van der Waals surface area contributed by atoms with Crippen LogP contribution in [0.4, 0.5) is 0 Å². The molecule has 0 unspecified atom stereocenters. The van der Waals surface area contributed by atoms with Gasteiger partial charge < -0.3 is 5.11 Å². The largest absolute Gasteiger partial charge is 0.396 e. The van der Waals surface area contributed by atoms with Crippen molar-refractivity contribution in [1.82, 2.24) is 0 Å². The molecule has 1 aromatic rings. The first-order valence-electron chi connectivity index (χ1n) is 5.59. The second-order valence-electron chi connectivity index (χ2n) is 4.34. The topological polar surface area (TPSA) is 54.4 Å². The average Bonchev–Trinajstić information content (AvgIpc) is 3.05. The molecule has 0 aliphatic heterocycles. The molecule has 0 radical (unpaired) electrons. The summed E-state index contributed by atoms with van der Waals surface area (Å²) < 4.78 is 24.7. The first-order valence-corrected chi connectivity index (χ1v) is 8.10. The van der Waals surface area contributed by atoms with Crippen molar-refractivity contribution in [1.29, 1.82) is 0 Å². The van der Waals surface area contributed by atoms with Gasteiger partial charge in [0.15, 0.2) is 9.84 Å². The number of benzene rings is 1. The summed E-state index contributed by atoms with van der Waals surface area (Å²) in [6.07, 6.45) is 0. The summed E-state index contributed by atoms with van der Waals surface area (Å²) in [5, 5.41) is 8.84. The van der Waals surface area contributed by atoms with Crippen LogP contribution in [0, 0.1) is 5.92 Å². The molecule has 0 bridgehead atoms. The van der Waals surface area contributed by atoms with Gasteiger partial charge in [-0.2, -0.15) is 0 Å². The highest BCUT2D eigenvalue weighted by atomic mass is 79.9. The predicted molar refractivity (Wildman–Crippen MR) is 70.7 cm³/mol. The van der Waals surface area contributed by atoms with Gasteiger partial charge in [-0.1, -0.05) is 35.0 Å². The van der Waals surface area contributed by atoms with Crippen LogP contribution in [0.25, 0.3) is 0 Å². The van der Waals surface area contributed by atoms with Crippen LogP contribution in [0.5, 0.6) is 0 Å². The summed E-state index contributed by atoms with van der Waals surface area (Å²) in [5.74, 6) is -0.0412. The van der Waals surface area contributed by atoms with Crippen LogP contribution in [0.1, 0.15) is 18.4 Å². The number of aliphatic hydroxyl groups excluding tert-OH is 1. The van der Waals surface area contributed by atoms with Crippen molar-refractivity contribution in [3.63, 3.8) is 0 Å². The lowest BCUT2D eigenvalue weighted by atomic mass is 10.1. The standard InChI is InChI=1S/C12H15BrO3S/c1-2-17(15,16)12-10(7-14)11(12)8-3-5-9(13)6-4-8/h3-6,10-12,14H,2,7H2,1H3/t10-,11-,12-/m1/s1. The number of hydrogen-bond acceptors (Lipinski definition) is 3. The number of hydrogen-bond donors (Lipinski definition) is 1. The molecule has 0 heterocycles. The fourth-order valence-electron chi connectivity index (χ4n) is 2.36. The average molecular weight is 319 g/mol. The number of sulfone groups is 1. The zero-order valence-electron chi connectivity index (χ0n) is 9.51. The third kappa shape index (κ3) is 2.41. The van der Waals surface area contributed by atoms with E-state index in [2.05, 4.69) is 15.9 Å². The van der Waals surface area contributed by atoms with Gasteiger partial charge in [0.25, 0.3) is 0 Å². The van der Waals surface area contributed by atoms with E-state index in [4.69, 9.17) is 0 Å². The van der Waals surface area contributed by atoms with E-state index in [0.29, 0.717) is 0 Å². The summed E-state index contributed by atoms with van der Waals surface area (Å²) >= 11 is 3.35. The molecule has 0 spiro atoms. The molecule has 17 heavy (non-hydrogen) atoms. The fraction of sp³-hybridized carbons (Fsp3) is 0.500. The Hall–Kier alpha value is -0.390. The lowest BCUT2D eigenvalue weighted by molar-refractivity contribution is 0.274. The molecular formula is C12H15BrO3S. The molecule has 2 rings (SSSR count). The van der Waals surface area contributed by atoms with Gasteiger partial charge in [0.2, 0.25) is 0 Å². The quantitative estimate of drug-likeness (QED) is 0.923. The van der Waals surface area contributed by atoms with Crippen LogP contribution >= 0.6 is 15.9 Å². The Labute approximate surface area is 110 Å². The number of aliphatic hydroxyl groups is 1. The number of rotatable bonds is 4. The van der Waals surface area contributed by atoms with Crippen molar-refractivity contribution >= 4 is 25.8 Å². The van der Waals surface area contributed by atoms with E-state index in [1.807, 2.05) is 24.3 Å². The van der Waals surface area contributed by atoms with Crippen molar-refractivity contribution in [3.05, 3.63) is 34.3 Å². The molecule has 1 aliphatic rings. The number of halogens is 1. The normalized spacial score (nSPS) is 28.1. The lowest BCUT2D eigenvalue weighted by Gasteiger charge is -2.01. The van der Waals surface area contributed by atoms with Crippen LogP contribution < -0.4 is 0 Å². The van der Waals surface area contributed by atoms with Crippen LogP contribution in [-0.2, 0) is 9.84 Å². The lowest BCUT2D eigenvalue weighted by Crippen LogP contribution is -2.13. The molecule has 1 saturated carbocycles. The van der Waals surface area contributed by atoms with Crippen molar-refractivity contribution in [2.75, 3.05) is 12.4 Å². The van der Waals surface area contributed by atoms with E-state index in [-0.39, 0.29) is 24.2 Å². The maximum atomic E-state index is 11.9. The maximum absolute atomic E-state index is 11.9. The smallest absolute Gasteiger partial charge is 0.153 e. The Kier molecular flexibility index (Phi) is 3.61. The molecule has 0 aromatic heterocycles. The second-order valence-corrected chi connectivity index (χ2v) is 7.70. The Morgan fingerprint density at radius 2 is 1.88 bits per heavy atom. The summed E-state index contributed by atoms with van der Waals surface area (Å²) in [7, 11) is -3.07. The molecule has 1 fully saturated rings. The van der Waals surface area contributed by atoms with Gasteiger partial charge >= 0.3 is 0 Å². The molecule has 1 aromatic carbocycles. The molecule has 0 amide bonds. The molecule has 5 heteroatoms. The van der Waals surface area contributed by atoms with Crippen molar-refractivity contribution in [2.24, 2.45) is 5.92 Å². The summed E-state index contributed by atoms with van der Waals surface area (Å²) in [4.78, 5) is 0. The van der Waals surface area contributed by atoms with Crippen molar-refractivity contribution < 1.29 is 13.5 Å². The summed E-state index contributed by atoms with van der Waals surface area (Å²) in [5.41, 5.74) is 0.995. The first-order chi connectivity index (χ1) is 8.01. The monoisotopic (exact) mass is 318 g/mol. The van der Waals surface area contributed by atoms with Gasteiger partial charge in [0, 0.05) is 28.7 Å². The molecule has 3 atom stereocenters. The van der Waals surface area contributed by atoms with Crippen LogP contribution in [0.2, 0.25) is 0 Å². The predicted octanol–water partition coefficient (Wildman–Crippen LogP) is 1.96. The maximum Gasteiger partial charge on any atom is 0.153 e. The van der Waals surface area contributed by atoms with Crippen LogP contribution in [0.15, 0.2) is 28.7 Å². The minimum absolute atomic E-state index is 0.0435. The van der Waals surface area contributed by atoms with E-state index in [1.165, 1.54) is 0 Å². The summed E-state index contributed by atoms with van der Waals surface area (Å²) in [6, 6.07) is 7.64. The minimum Gasteiger partial charge on any atom is -0.396 e. The summed E-state index contributed by atoms with van der Waals surface area (Å²) in [6.45, 7) is 1.59. The van der Waals surface area contributed by atoms with E-state index in [0.717, 1.165) is 10.0 Å². The Morgan fingerprint density at radius 3 is 2.35 bits per heavy atom. The third-order valence-corrected chi connectivity index (χ3v) is 6.18. The highest BCUT2D eigenvalue weighted by Gasteiger charge is 2.57. The fourth-order valence-corrected chi connectivity index (χ4v) is 4.52. The Morgan fingerprint density at radius 1 is 1.29 bits per heavy atom. The highest BCUT2D eigenvalue weighted by molar-refractivity contribution is 9.10. The second kappa shape index (κ2) is 4.71. The highest BCUT2D eigenvalue weighted by Crippen LogP contribution is 2.52. The van der Waals surface area contributed by atoms with E-state index in [1.54, 1.807) is 6.92 Å². The van der Waals surface area contributed by atoms with E-state index < -0.39 is 15.1 Å². The first kappa shape index (κ1) is 13.1. The molecular weight excluding hydrogens is 304 g/mol. The molecule has 3 nitrogen and oxygen atoms in total.